The molecule has 0 unspecified atom stereocenters. The number of nitriles is 1. The fourth-order valence-electron chi connectivity index (χ4n) is 0.723. The lowest BCUT2D eigenvalue weighted by Crippen LogP contribution is -2.17. The lowest BCUT2D eigenvalue weighted by Gasteiger charge is -2.08. The smallest absolute Gasteiger partial charge is 0.406 e. The van der Waals surface area contributed by atoms with Crippen molar-refractivity contribution >= 4 is 15.9 Å². The molecule has 0 radical (unpaired) electrons. The molecule has 0 aromatic carbocycles. The standard InChI is InChI=1S/C7H2BrF3N2O/c8-6-2-5(14-7(9,10)11)1-4(3-12)13-6/h1-2H. The van der Waals surface area contributed by atoms with Crippen LogP contribution in [0.1, 0.15) is 5.69 Å². The van der Waals surface area contributed by atoms with Gasteiger partial charge in [-0.2, -0.15) is 5.26 Å². The minimum absolute atomic E-state index is 0.107. The Morgan fingerprint density at radius 2 is 2.07 bits per heavy atom. The molecule has 0 aliphatic rings. The van der Waals surface area contributed by atoms with Gasteiger partial charge in [0.25, 0.3) is 0 Å². The van der Waals surface area contributed by atoms with Gasteiger partial charge in [0.2, 0.25) is 0 Å². The molecule has 0 aliphatic carbocycles. The third-order valence-electron chi connectivity index (χ3n) is 1.12. The van der Waals surface area contributed by atoms with Crippen molar-refractivity contribution in [1.29, 1.82) is 5.26 Å². The zero-order valence-corrected chi connectivity index (χ0v) is 8.06. The van der Waals surface area contributed by atoms with Gasteiger partial charge in [-0.05, 0) is 15.9 Å². The molecule has 0 atom stereocenters. The van der Waals surface area contributed by atoms with Crippen molar-refractivity contribution in [2.24, 2.45) is 0 Å². The molecule has 1 aromatic heterocycles. The summed E-state index contributed by atoms with van der Waals surface area (Å²) in [6.45, 7) is 0. The summed E-state index contributed by atoms with van der Waals surface area (Å²) in [4.78, 5) is 3.59. The summed E-state index contributed by atoms with van der Waals surface area (Å²) in [5.74, 6) is -0.476. The molecule has 1 rings (SSSR count). The van der Waals surface area contributed by atoms with Crippen LogP contribution in [-0.4, -0.2) is 11.3 Å². The topological polar surface area (TPSA) is 45.9 Å². The van der Waals surface area contributed by atoms with Crippen LogP contribution in [-0.2, 0) is 0 Å². The normalized spacial score (nSPS) is 10.8. The largest absolute Gasteiger partial charge is 0.573 e. The van der Waals surface area contributed by atoms with Crippen molar-refractivity contribution in [3.8, 4) is 11.8 Å². The summed E-state index contributed by atoms with van der Waals surface area (Å²) in [6.07, 6.45) is -4.77. The summed E-state index contributed by atoms with van der Waals surface area (Å²) in [5, 5.41) is 8.41. The van der Waals surface area contributed by atoms with Crippen molar-refractivity contribution in [2.75, 3.05) is 0 Å². The Kier molecular flexibility index (Phi) is 2.96. The molecule has 0 aliphatic heterocycles. The molecule has 0 spiro atoms. The maximum Gasteiger partial charge on any atom is 0.573 e. The highest BCUT2D eigenvalue weighted by molar-refractivity contribution is 9.10. The van der Waals surface area contributed by atoms with E-state index in [1.54, 1.807) is 6.07 Å². The molecule has 0 saturated heterocycles. The predicted molar refractivity (Wildman–Crippen MR) is 43.3 cm³/mol. The van der Waals surface area contributed by atoms with E-state index in [0.717, 1.165) is 12.1 Å². The Morgan fingerprint density at radius 3 is 2.57 bits per heavy atom. The van der Waals surface area contributed by atoms with Gasteiger partial charge in [-0.1, -0.05) is 0 Å². The molecule has 7 heteroatoms. The molecule has 0 bridgehead atoms. The first-order valence-corrected chi connectivity index (χ1v) is 4.03. The molecule has 74 valence electrons. The minimum Gasteiger partial charge on any atom is -0.406 e. The monoisotopic (exact) mass is 266 g/mol. The van der Waals surface area contributed by atoms with Crippen LogP contribution in [0.15, 0.2) is 16.7 Å². The summed E-state index contributed by atoms with van der Waals surface area (Å²) in [7, 11) is 0. The molecule has 0 saturated carbocycles. The zero-order valence-electron chi connectivity index (χ0n) is 6.47. The van der Waals surface area contributed by atoms with Gasteiger partial charge >= 0.3 is 6.36 Å². The van der Waals surface area contributed by atoms with Crippen LogP contribution in [0.25, 0.3) is 0 Å². The number of rotatable bonds is 1. The quantitative estimate of drug-likeness (QED) is 0.734. The SMILES string of the molecule is N#Cc1cc(OC(F)(F)F)cc(Br)n1. The summed E-state index contributed by atoms with van der Waals surface area (Å²) in [5.41, 5.74) is -0.154. The number of halogens is 4. The minimum atomic E-state index is -4.77. The predicted octanol–water partition coefficient (Wildman–Crippen LogP) is 2.61. The first kappa shape index (κ1) is 10.8. The van der Waals surface area contributed by atoms with E-state index in [9.17, 15) is 13.2 Å². The van der Waals surface area contributed by atoms with E-state index in [-0.39, 0.29) is 10.3 Å². The molecule has 0 N–H and O–H groups in total. The van der Waals surface area contributed by atoms with Crippen molar-refractivity contribution in [3.63, 3.8) is 0 Å². The number of aromatic nitrogens is 1. The molecular weight excluding hydrogens is 265 g/mol. The number of hydrogen-bond donors (Lipinski definition) is 0. The van der Waals surface area contributed by atoms with Crippen LogP contribution in [0.3, 0.4) is 0 Å². The average Bonchev–Trinajstić information content (AvgIpc) is 1.99. The van der Waals surface area contributed by atoms with Crippen molar-refractivity contribution in [3.05, 3.63) is 22.4 Å². The van der Waals surface area contributed by atoms with Crippen LogP contribution < -0.4 is 4.74 Å². The summed E-state index contributed by atoms with van der Waals surface area (Å²) < 4.78 is 39.0. The lowest BCUT2D eigenvalue weighted by molar-refractivity contribution is -0.274. The van der Waals surface area contributed by atoms with Crippen LogP contribution >= 0.6 is 15.9 Å². The maximum atomic E-state index is 11.8. The van der Waals surface area contributed by atoms with Gasteiger partial charge in [-0.3, -0.25) is 0 Å². The Morgan fingerprint density at radius 1 is 1.43 bits per heavy atom. The Balaban J connectivity index is 3.00. The van der Waals surface area contributed by atoms with Crippen LogP contribution in [0.4, 0.5) is 13.2 Å². The molecule has 1 heterocycles. The molecule has 0 fully saturated rings. The van der Waals surface area contributed by atoms with Gasteiger partial charge in [-0.15, -0.1) is 13.2 Å². The van der Waals surface area contributed by atoms with Gasteiger partial charge in [0, 0.05) is 12.1 Å². The second kappa shape index (κ2) is 3.84. The fourth-order valence-corrected chi connectivity index (χ4v) is 1.14. The van der Waals surface area contributed by atoms with Gasteiger partial charge in [0.15, 0.2) is 0 Å². The Labute approximate surface area is 85.3 Å². The van der Waals surface area contributed by atoms with Crippen LogP contribution in [0, 0.1) is 11.3 Å². The summed E-state index contributed by atoms with van der Waals surface area (Å²) in [6, 6.07) is 3.53. The molecule has 0 amide bonds. The Hall–Kier alpha value is -1.29. The van der Waals surface area contributed by atoms with E-state index >= 15 is 0 Å². The van der Waals surface area contributed by atoms with Crippen LogP contribution in [0.2, 0.25) is 0 Å². The van der Waals surface area contributed by atoms with E-state index in [2.05, 4.69) is 25.7 Å². The van der Waals surface area contributed by atoms with Gasteiger partial charge in [-0.25, -0.2) is 4.98 Å². The molecular formula is C7H2BrF3N2O. The third-order valence-corrected chi connectivity index (χ3v) is 1.52. The van der Waals surface area contributed by atoms with Crippen LogP contribution in [0.5, 0.6) is 5.75 Å². The highest BCUT2D eigenvalue weighted by Crippen LogP contribution is 2.25. The molecule has 3 nitrogen and oxygen atoms in total. The fraction of sp³-hybridized carbons (Fsp3) is 0.143. The Bertz CT molecular complexity index is 386. The molecule has 1 aromatic rings. The van der Waals surface area contributed by atoms with Gasteiger partial charge in [0.1, 0.15) is 22.1 Å². The van der Waals surface area contributed by atoms with Gasteiger partial charge in [0.05, 0.1) is 0 Å². The maximum absolute atomic E-state index is 11.8. The summed E-state index contributed by atoms with van der Waals surface area (Å²) >= 11 is 2.85. The number of alkyl halides is 3. The number of hydrogen-bond acceptors (Lipinski definition) is 3. The first-order valence-electron chi connectivity index (χ1n) is 3.24. The van der Waals surface area contributed by atoms with Crippen molar-refractivity contribution in [2.45, 2.75) is 6.36 Å². The number of nitrogens with zero attached hydrogens (tertiary/aromatic N) is 2. The highest BCUT2D eigenvalue weighted by atomic mass is 79.9. The second-order valence-electron chi connectivity index (χ2n) is 2.17. The van der Waals surface area contributed by atoms with E-state index in [0.29, 0.717) is 0 Å². The van der Waals surface area contributed by atoms with Crippen molar-refractivity contribution < 1.29 is 17.9 Å². The third kappa shape index (κ3) is 3.22. The van der Waals surface area contributed by atoms with E-state index in [4.69, 9.17) is 5.26 Å². The van der Waals surface area contributed by atoms with E-state index in [1.807, 2.05) is 0 Å². The van der Waals surface area contributed by atoms with E-state index < -0.39 is 12.1 Å². The average molecular weight is 267 g/mol. The first-order chi connectivity index (χ1) is 6.40. The number of pyridine rings is 1. The highest BCUT2D eigenvalue weighted by Gasteiger charge is 2.31. The zero-order chi connectivity index (χ0) is 10.8. The van der Waals surface area contributed by atoms with Gasteiger partial charge < -0.3 is 4.74 Å². The lowest BCUT2D eigenvalue weighted by atomic mass is 10.3. The second-order valence-corrected chi connectivity index (χ2v) is 2.98. The van der Waals surface area contributed by atoms with Crippen molar-refractivity contribution in [1.82, 2.24) is 4.98 Å². The van der Waals surface area contributed by atoms with E-state index in [1.165, 1.54) is 0 Å². The number of ether oxygens (including phenoxy) is 1. The molecule has 14 heavy (non-hydrogen) atoms.